The summed E-state index contributed by atoms with van der Waals surface area (Å²) in [7, 11) is 0. The monoisotopic (exact) mass is 317 g/mol. The Morgan fingerprint density at radius 1 is 1.43 bits per heavy atom. The smallest absolute Gasteiger partial charge is 0.273 e. The zero-order chi connectivity index (χ0) is 14.9. The van der Waals surface area contributed by atoms with Crippen molar-refractivity contribution in [3.05, 3.63) is 39.7 Å². The standard InChI is InChI=1S/C13H16FN3O3.ClH/c1-8-7-16(9(2)6-15-8)13(18)10-3-11(14)5-12(4-10)17(19)20;/h3-5,8-9,15H,6-7H2,1-2H3;1H. The van der Waals surface area contributed by atoms with E-state index in [1.165, 1.54) is 0 Å². The average Bonchev–Trinajstić information content (AvgIpc) is 2.40. The SMILES string of the molecule is CC1CN(C(=O)c2cc(F)cc([N+](=O)[O-])c2)C(C)CN1.Cl. The predicted octanol–water partition coefficient (Wildman–Crippen LogP) is 1.98. The van der Waals surface area contributed by atoms with E-state index in [2.05, 4.69) is 5.32 Å². The van der Waals surface area contributed by atoms with E-state index in [0.717, 1.165) is 18.2 Å². The van der Waals surface area contributed by atoms with Gasteiger partial charge in [-0.2, -0.15) is 0 Å². The van der Waals surface area contributed by atoms with Gasteiger partial charge in [0.15, 0.2) is 0 Å². The third-order valence-electron chi connectivity index (χ3n) is 3.37. The first-order valence-electron chi connectivity index (χ1n) is 6.38. The summed E-state index contributed by atoms with van der Waals surface area (Å²) in [4.78, 5) is 24.0. The quantitative estimate of drug-likeness (QED) is 0.668. The summed E-state index contributed by atoms with van der Waals surface area (Å²) < 4.78 is 13.4. The number of carbonyl (C=O) groups is 1. The highest BCUT2D eigenvalue weighted by molar-refractivity contribution is 5.95. The maximum absolute atomic E-state index is 13.4. The molecule has 8 heteroatoms. The molecular formula is C13H17ClFN3O3. The number of nitrogens with zero attached hydrogens (tertiary/aromatic N) is 2. The fraction of sp³-hybridized carbons (Fsp3) is 0.462. The van der Waals surface area contributed by atoms with Crippen molar-refractivity contribution < 1.29 is 14.1 Å². The van der Waals surface area contributed by atoms with Crippen LogP contribution in [-0.2, 0) is 0 Å². The highest BCUT2D eigenvalue weighted by Crippen LogP contribution is 2.19. The molecule has 1 saturated heterocycles. The number of carbonyl (C=O) groups excluding carboxylic acids is 1. The van der Waals surface area contributed by atoms with E-state index in [1.54, 1.807) is 4.90 Å². The number of nitro groups is 1. The molecule has 0 aromatic heterocycles. The summed E-state index contributed by atoms with van der Waals surface area (Å²) in [6.07, 6.45) is 0. The molecule has 1 heterocycles. The topological polar surface area (TPSA) is 75.5 Å². The van der Waals surface area contributed by atoms with Crippen LogP contribution >= 0.6 is 12.4 Å². The molecule has 0 aliphatic carbocycles. The second-order valence-electron chi connectivity index (χ2n) is 5.07. The van der Waals surface area contributed by atoms with Crippen molar-refractivity contribution in [3.8, 4) is 0 Å². The first-order valence-corrected chi connectivity index (χ1v) is 6.38. The molecule has 1 amide bonds. The Kier molecular flexibility index (Phi) is 5.62. The Balaban J connectivity index is 0.00000220. The van der Waals surface area contributed by atoms with E-state index in [0.29, 0.717) is 13.1 Å². The molecule has 2 atom stereocenters. The van der Waals surface area contributed by atoms with Gasteiger partial charge < -0.3 is 10.2 Å². The Bertz CT molecular complexity index is 555. The van der Waals surface area contributed by atoms with Crippen molar-refractivity contribution in [1.82, 2.24) is 10.2 Å². The van der Waals surface area contributed by atoms with Gasteiger partial charge in [0.25, 0.3) is 11.6 Å². The normalized spacial score (nSPS) is 21.6. The fourth-order valence-corrected chi connectivity index (χ4v) is 2.27. The molecule has 21 heavy (non-hydrogen) atoms. The summed E-state index contributed by atoms with van der Waals surface area (Å²) in [6, 6.07) is 3.06. The van der Waals surface area contributed by atoms with Crippen LogP contribution in [0.25, 0.3) is 0 Å². The summed E-state index contributed by atoms with van der Waals surface area (Å²) in [6.45, 7) is 4.96. The molecule has 1 aromatic rings. The van der Waals surface area contributed by atoms with E-state index in [1.807, 2.05) is 13.8 Å². The number of halogens is 2. The molecule has 1 fully saturated rings. The number of hydrogen-bond acceptors (Lipinski definition) is 4. The van der Waals surface area contributed by atoms with E-state index in [9.17, 15) is 19.3 Å². The van der Waals surface area contributed by atoms with Crippen LogP contribution in [-0.4, -0.2) is 40.9 Å². The first kappa shape index (κ1) is 17.3. The number of hydrogen-bond donors (Lipinski definition) is 1. The van der Waals surface area contributed by atoms with Gasteiger partial charge in [0.1, 0.15) is 5.82 Å². The lowest BCUT2D eigenvalue weighted by atomic mass is 10.1. The Morgan fingerprint density at radius 2 is 2.10 bits per heavy atom. The molecule has 1 aliphatic rings. The number of benzene rings is 1. The minimum absolute atomic E-state index is 0. The number of non-ortho nitro benzene ring substituents is 1. The summed E-state index contributed by atoms with van der Waals surface area (Å²) in [5, 5.41) is 14.0. The third-order valence-corrected chi connectivity index (χ3v) is 3.37. The number of amides is 1. The fourth-order valence-electron chi connectivity index (χ4n) is 2.27. The van der Waals surface area contributed by atoms with Gasteiger partial charge >= 0.3 is 0 Å². The number of rotatable bonds is 2. The van der Waals surface area contributed by atoms with E-state index < -0.39 is 16.4 Å². The highest BCUT2D eigenvalue weighted by Gasteiger charge is 2.28. The molecule has 0 radical (unpaired) electrons. The molecule has 0 bridgehead atoms. The van der Waals surface area contributed by atoms with Crippen LogP contribution in [0.5, 0.6) is 0 Å². The number of nitrogens with one attached hydrogen (secondary N) is 1. The molecule has 0 spiro atoms. The van der Waals surface area contributed by atoms with Gasteiger partial charge in [-0.3, -0.25) is 14.9 Å². The molecule has 116 valence electrons. The molecule has 1 aliphatic heterocycles. The van der Waals surface area contributed by atoms with Crippen LogP contribution in [0, 0.1) is 15.9 Å². The maximum Gasteiger partial charge on any atom is 0.273 e. The van der Waals surface area contributed by atoms with Gasteiger partial charge in [-0.25, -0.2) is 4.39 Å². The maximum atomic E-state index is 13.4. The second kappa shape index (κ2) is 6.82. The summed E-state index contributed by atoms with van der Waals surface area (Å²) in [5.41, 5.74) is -0.401. The summed E-state index contributed by atoms with van der Waals surface area (Å²) in [5.74, 6) is -1.16. The first-order chi connectivity index (χ1) is 9.38. The largest absolute Gasteiger partial charge is 0.333 e. The predicted molar refractivity (Wildman–Crippen MR) is 78.3 cm³/mol. The van der Waals surface area contributed by atoms with Crippen LogP contribution in [0.4, 0.5) is 10.1 Å². The van der Waals surface area contributed by atoms with Gasteiger partial charge in [0, 0.05) is 36.8 Å². The van der Waals surface area contributed by atoms with E-state index >= 15 is 0 Å². The Hall–Kier alpha value is -1.73. The van der Waals surface area contributed by atoms with E-state index in [-0.39, 0.29) is 36.0 Å². The molecular weight excluding hydrogens is 301 g/mol. The van der Waals surface area contributed by atoms with Crippen LogP contribution in [0.3, 0.4) is 0 Å². The molecule has 1 N–H and O–H groups in total. The van der Waals surface area contributed by atoms with Gasteiger partial charge in [0.05, 0.1) is 11.0 Å². The molecule has 6 nitrogen and oxygen atoms in total. The van der Waals surface area contributed by atoms with Crippen LogP contribution < -0.4 is 5.32 Å². The van der Waals surface area contributed by atoms with Gasteiger partial charge in [-0.15, -0.1) is 12.4 Å². The van der Waals surface area contributed by atoms with Crippen molar-refractivity contribution in [2.45, 2.75) is 25.9 Å². The second-order valence-corrected chi connectivity index (χ2v) is 5.07. The van der Waals surface area contributed by atoms with Crippen molar-refractivity contribution in [3.63, 3.8) is 0 Å². The Labute approximate surface area is 127 Å². The van der Waals surface area contributed by atoms with Crippen LogP contribution in [0.15, 0.2) is 18.2 Å². The van der Waals surface area contributed by atoms with Crippen molar-refractivity contribution in [2.75, 3.05) is 13.1 Å². The zero-order valence-electron chi connectivity index (χ0n) is 11.7. The average molecular weight is 318 g/mol. The van der Waals surface area contributed by atoms with E-state index in [4.69, 9.17) is 0 Å². The van der Waals surface area contributed by atoms with Gasteiger partial charge in [-0.05, 0) is 19.9 Å². The molecule has 0 saturated carbocycles. The van der Waals surface area contributed by atoms with Crippen LogP contribution in [0.2, 0.25) is 0 Å². The lowest BCUT2D eigenvalue weighted by Gasteiger charge is -2.37. The van der Waals surface area contributed by atoms with Crippen LogP contribution in [0.1, 0.15) is 24.2 Å². The Morgan fingerprint density at radius 3 is 2.71 bits per heavy atom. The highest BCUT2D eigenvalue weighted by atomic mass is 35.5. The minimum atomic E-state index is -0.779. The lowest BCUT2D eigenvalue weighted by Crippen LogP contribution is -2.56. The van der Waals surface area contributed by atoms with Gasteiger partial charge in [-0.1, -0.05) is 0 Å². The third kappa shape index (κ3) is 3.89. The summed E-state index contributed by atoms with van der Waals surface area (Å²) >= 11 is 0. The molecule has 2 rings (SSSR count). The zero-order valence-corrected chi connectivity index (χ0v) is 12.5. The molecule has 2 unspecified atom stereocenters. The van der Waals surface area contributed by atoms with Crippen molar-refractivity contribution in [2.24, 2.45) is 0 Å². The van der Waals surface area contributed by atoms with Crippen molar-refractivity contribution in [1.29, 1.82) is 0 Å². The number of piperazine rings is 1. The molecule has 1 aromatic carbocycles. The minimum Gasteiger partial charge on any atom is -0.333 e. The van der Waals surface area contributed by atoms with Crippen molar-refractivity contribution >= 4 is 24.0 Å². The lowest BCUT2D eigenvalue weighted by molar-refractivity contribution is -0.385. The van der Waals surface area contributed by atoms with Gasteiger partial charge in [0.2, 0.25) is 0 Å². The number of nitro benzene ring substituents is 1.